The van der Waals surface area contributed by atoms with Crippen molar-refractivity contribution < 1.29 is 19.4 Å². The van der Waals surface area contributed by atoms with E-state index in [2.05, 4.69) is 0 Å². The summed E-state index contributed by atoms with van der Waals surface area (Å²) in [6, 6.07) is 0. The predicted octanol–water partition coefficient (Wildman–Crippen LogP) is 2.71. The van der Waals surface area contributed by atoms with Crippen molar-refractivity contribution in [2.75, 3.05) is 20.8 Å². The molecular formula is C14H26O4. The number of carbonyl (C=O) groups is 1. The molecule has 1 N–H and O–H groups in total. The standard InChI is InChI=1S/C14H26O4/c1-13(2,10-17-3)11(18-4)14(12(15)16)8-6-5-7-9-14/h11H,5-10H2,1-4H3,(H,15,16). The smallest absolute Gasteiger partial charge is 0.312 e. The van der Waals surface area contributed by atoms with Gasteiger partial charge in [0.25, 0.3) is 0 Å². The van der Waals surface area contributed by atoms with Crippen LogP contribution in [0.15, 0.2) is 0 Å². The number of rotatable bonds is 6. The van der Waals surface area contributed by atoms with E-state index >= 15 is 0 Å². The number of hydrogen-bond acceptors (Lipinski definition) is 3. The molecule has 106 valence electrons. The van der Waals surface area contributed by atoms with Crippen molar-refractivity contribution in [3.8, 4) is 0 Å². The summed E-state index contributed by atoms with van der Waals surface area (Å²) in [5.41, 5.74) is -1.06. The summed E-state index contributed by atoms with van der Waals surface area (Å²) in [6.45, 7) is 4.54. The van der Waals surface area contributed by atoms with Crippen LogP contribution in [-0.2, 0) is 14.3 Å². The largest absolute Gasteiger partial charge is 0.481 e. The summed E-state index contributed by atoms with van der Waals surface area (Å²) >= 11 is 0. The fourth-order valence-electron chi connectivity index (χ4n) is 3.51. The van der Waals surface area contributed by atoms with Crippen LogP contribution >= 0.6 is 0 Å². The Morgan fingerprint density at radius 1 is 1.28 bits per heavy atom. The van der Waals surface area contributed by atoms with Crippen LogP contribution in [0.25, 0.3) is 0 Å². The molecule has 0 radical (unpaired) electrons. The van der Waals surface area contributed by atoms with E-state index in [4.69, 9.17) is 9.47 Å². The van der Waals surface area contributed by atoms with Crippen molar-refractivity contribution in [3.05, 3.63) is 0 Å². The van der Waals surface area contributed by atoms with Gasteiger partial charge in [-0.1, -0.05) is 33.1 Å². The molecule has 0 saturated heterocycles. The quantitative estimate of drug-likeness (QED) is 0.796. The maximum absolute atomic E-state index is 11.8. The molecule has 0 aromatic rings. The first-order valence-corrected chi connectivity index (χ1v) is 6.66. The molecule has 0 spiro atoms. The predicted molar refractivity (Wildman–Crippen MR) is 69.6 cm³/mol. The lowest BCUT2D eigenvalue weighted by Crippen LogP contribution is -2.53. The van der Waals surface area contributed by atoms with Gasteiger partial charge in [-0.05, 0) is 12.8 Å². The van der Waals surface area contributed by atoms with Crippen LogP contribution in [0.2, 0.25) is 0 Å². The van der Waals surface area contributed by atoms with Gasteiger partial charge in [0, 0.05) is 19.6 Å². The van der Waals surface area contributed by atoms with Gasteiger partial charge in [0.2, 0.25) is 0 Å². The molecule has 1 rings (SSSR count). The van der Waals surface area contributed by atoms with Gasteiger partial charge < -0.3 is 14.6 Å². The van der Waals surface area contributed by atoms with Crippen molar-refractivity contribution in [3.63, 3.8) is 0 Å². The van der Waals surface area contributed by atoms with Crippen LogP contribution in [0.1, 0.15) is 46.0 Å². The number of hydrogen-bond donors (Lipinski definition) is 1. The highest BCUT2D eigenvalue weighted by atomic mass is 16.5. The highest BCUT2D eigenvalue weighted by Gasteiger charge is 2.52. The molecule has 1 unspecified atom stereocenters. The highest BCUT2D eigenvalue weighted by molar-refractivity contribution is 5.75. The molecule has 1 aliphatic carbocycles. The Morgan fingerprint density at radius 2 is 1.83 bits per heavy atom. The average molecular weight is 258 g/mol. The minimum atomic E-state index is -0.755. The Hall–Kier alpha value is -0.610. The lowest BCUT2D eigenvalue weighted by Gasteiger charge is -2.46. The zero-order valence-electron chi connectivity index (χ0n) is 12.0. The zero-order chi connectivity index (χ0) is 13.8. The second-order valence-corrected chi connectivity index (χ2v) is 6.06. The van der Waals surface area contributed by atoms with E-state index in [0.717, 1.165) is 19.3 Å². The number of carboxylic acid groups (broad SMARTS) is 1. The molecule has 1 atom stereocenters. The molecule has 0 aliphatic heterocycles. The summed E-state index contributed by atoms with van der Waals surface area (Å²) in [5, 5.41) is 9.70. The first kappa shape index (κ1) is 15.4. The van der Waals surface area contributed by atoms with Crippen LogP contribution in [0, 0.1) is 10.8 Å². The molecule has 4 nitrogen and oxygen atoms in total. The number of carboxylic acids is 1. The van der Waals surface area contributed by atoms with Gasteiger partial charge in [-0.2, -0.15) is 0 Å². The molecule has 4 heteroatoms. The fraction of sp³-hybridized carbons (Fsp3) is 0.929. The highest BCUT2D eigenvalue weighted by Crippen LogP contribution is 2.47. The van der Waals surface area contributed by atoms with Gasteiger partial charge >= 0.3 is 5.97 Å². The van der Waals surface area contributed by atoms with Gasteiger partial charge in [0.15, 0.2) is 0 Å². The normalized spacial score (nSPS) is 21.6. The molecule has 0 amide bonds. The number of ether oxygens (including phenoxy) is 2. The van der Waals surface area contributed by atoms with Gasteiger partial charge in [0.05, 0.1) is 18.1 Å². The molecular weight excluding hydrogens is 232 g/mol. The topological polar surface area (TPSA) is 55.8 Å². The van der Waals surface area contributed by atoms with E-state index in [9.17, 15) is 9.90 Å². The first-order valence-electron chi connectivity index (χ1n) is 6.66. The SMILES string of the molecule is COCC(C)(C)C(OC)C1(C(=O)O)CCCCC1. The van der Waals surface area contributed by atoms with E-state index in [0.29, 0.717) is 19.4 Å². The minimum absolute atomic E-state index is 0.306. The maximum atomic E-state index is 11.8. The lowest BCUT2D eigenvalue weighted by molar-refractivity contribution is -0.175. The van der Waals surface area contributed by atoms with Crippen molar-refractivity contribution in [2.24, 2.45) is 10.8 Å². The third-order valence-electron chi connectivity index (χ3n) is 4.14. The Kier molecular flexibility index (Phi) is 5.17. The molecule has 0 aromatic carbocycles. The second kappa shape index (κ2) is 6.02. The molecule has 0 heterocycles. The summed E-state index contributed by atoms with van der Waals surface area (Å²) in [6.07, 6.45) is 4.14. The van der Waals surface area contributed by atoms with Crippen molar-refractivity contribution >= 4 is 5.97 Å². The van der Waals surface area contributed by atoms with Crippen LogP contribution in [0.4, 0.5) is 0 Å². The zero-order valence-corrected chi connectivity index (χ0v) is 12.0. The Labute approximate surface area is 110 Å². The Bertz CT molecular complexity index is 280. The van der Waals surface area contributed by atoms with Crippen LogP contribution in [0.5, 0.6) is 0 Å². The molecule has 0 aromatic heterocycles. The van der Waals surface area contributed by atoms with Gasteiger partial charge in [0.1, 0.15) is 0 Å². The van der Waals surface area contributed by atoms with Crippen LogP contribution < -0.4 is 0 Å². The van der Waals surface area contributed by atoms with E-state index in [1.807, 2.05) is 13.8 Å². The summed E-state index contributed by atoms with van der Waals surface area (Å²) in [5.74, 6) is -0.724. The lowest BCUT2D eigenvalue weighted by atomic mass is 9.63. The number of methoxy groups -OCH3 is 2. The Balaban J connectivity index is 3.04. The van der Waals surface area contributed by atoms with E-state index in [1.54, 1.807) is 14.2 Å². The molecule has 0 bridgehead atoms. The molecule has 18 heavy (non-hydrogen) atoms. The molecule has 1 fully saturated rings. The Morgan fingerprint density at radius 3 is 2.22 bits per heavy atom. The van der Waals surface area contributed by atoms with Gasteiger partial charge in [-0.25, -0.2) is 0 Å². The maximum Gasteiger partial charge on any atom is 0.312 e. The van der Waals surface area contributed by atoms with Gasteiger partial charge in [-0.15, -0.1) is 0 Å². The number of aliphatic carboxylic acids is 1. The van der Waals surface area contributed by atoms with Crippen molar-refractivity contribution in [1.82, 2.24) is 0 Å². The fourth-order valence-corrected chi connectivity index (χ4v) is 3.51. The van der Waals surface area contributed by atoms with E-state index < -0.39 is 11.4 Å². The summed E-state index contributed by atoms with van der Waals surface area (Å²) in [4.78, 5) is 11.8. The second-order valence-electron chi connectivity index (χ2n) is 6.06. The van der Waals surface area contributed by atoms with Crippen molar-refractivity contribution in [1.29, 1.82) is 0 Å². The van der Waals surface area contributed by atoms with Crippen molar-refractivity contribution in [2.45, 2.75) is 52.1 Å². The van der Waals surface area contributed by atoms with Crippen LogP contribution in [0.3, 0.4) is 0 Å². The third kappa shape index (κ3) is 2.86. The average Bonchev–Trinajstić information content (AvgIpc) is 2.30. The monoisotopic (exact) mass is 258 g/mol. The van der Waals surface area contributed by atoms with Crippen LogP contribution in [-0.4, -0.2) is 38.0 Å². The molecule has 1 saturated carbocycles. The molecule has 1 aliphatic rings. The first-order chi connectivity index (χ1) is 8.40. The van der Waals surface area contributed by atoms with Gasteiger partial charge in [-0.3, -0.25) is 4.79 Å². The summed E-state index contributed by atoms with van der Waals surface area (Å²) < 4.78 is 10.8. The summed E-state index contributed by atoms with van der Waals surface area (Å²) in [7, 11) is 3.25. The minimum Gasteiger partial charge on any atom is -0.481 e. The van der Waals surface area contributed by atoms with E-state index in [-0.39, 0.29) is 11.5 Å². The van der Waals surface area contributed by atoms with E-state index in [1.165, 1.54) is 0 Å². The third-order valence-corrected chi connectivity index (χ3v) is 4.14.